The molecule has 0 amide bonds. The van der Waals surface area contributed by atoms with E-state index in [1.54, 1.807) is 0 Å². The average molecular weight is 250 g/mol. The van der Waals surface area contributed by atoms with Gasteiger partial charge in [-0.05, 0) is 18.3 Å². The van der Waals surface area contributed by atoms with E-state index in [1.807, 2.05) is 7.05 Å². The Morgan fingerprint density at radius 3 is 3.06 bits per heavy atom. The first-order valence-corrected chi connectivity index (χ1v) is 6.53. The molecule has 1 aliphatic rings. The topological polar surface area (TPSA) is 50.5 Å². The van der Waals surface area contributed by atoms with Gasteiger partial charge in [-0.2, -0.15) is 4.52 Å². The van der Waals surface area contributed by atoms with E-state index in [2.05, 4.69) is 21.9 Å². The summed E-state index contributed by atoms with van der Waals surface area (Å²) in [5, 5.41) is 5.17. The molecule has 0 spiro atoms. The Balaban J connectivity index is 1.89. The molecule has 0 aromatic carbocycles. The second-order valence-electron chi connectivity index (χ2n) is 4.72. The predicted molar refractivity (Wildman–Crippen MR) is 67.7 cm³/mol. The molecule has 5 nitrogen and oxygen atoms in total. The van der Waals surface area contributed by atoms with Gasteiger partial charge in [-0.15, -0.1) is 5.10 Å². The van der Waals surface area contributed by atoms with Crippen molar-refractivity contribution in [3.05, 3.63) is 22.6 Å². The van der Waals surface area contributed by atoms with Crippen molar-refractivity contribution in [2.24, 2.45) is 11.8 Å². The first-order chi connectivity index (χ1) is 8.15. The summed E-state index contributed by atoms with van der Waals surface area (Å²) >= 11 is 1.46. The van der Waals surface area contributed by atoms with Crippen LogP contribution in [-0.2, 0) is 0 Å². The second kappa shape index (κ2) is 3.80. The number of aromatic nitrogens is 3. The zero-order valence-electron chi connectivity index (χ0n) is 9.83. The van der Waals surface area contributed by atoms with Gasteiger partial charge in [0.05, 0.1) is 0 Å². The summed E-state index contributed by atoms with van der Waals surface area (Å²) in [5.41, 5.74) is -0.120. The van der Waals surface area contributed by atoms with Crippen LogP contribution in [0.3, 0.4) is 0 Å². The minimum Gasteiger partial charge on any atom is -0.349 e. The van der Waals surface area contributed by atoms with Crippen molar-refractivity contribution in [1.29, 1.82) is 0 Å². The highest BCUT2D eigenvalue weighted by Gasteiger charge is 2.33. The molecule has 0 N–H and O–H groups in total. The fourth-order valence-electron chi connectivity index (χ4n) is 1.97. The van der Waals surface area contributed by atoms with E-state index < -0.39 is 0 Å². The lowest BCUT2D eigenvalue weighted by Crippen LogP contribution is -2.21. The second-order valence-corrected chi connectivity index (χ2v) is 5.65. The number of nitrogens with zero attached hydrogens (tertiary/aromatic N) is 4. The van der Waals surface area contributed by atoms with Crippen LogP contribution in [-0.4, -0.2) is 28.2 Å². The van der Waals surface area contributed by atoms with Crippen molar-refractivity contribution in [1.82, 2.24) is 14.6 Å². The highest BCUT2D eigenvalue weighted by Crippen LogP contribution is 2.38. The summed E-state index contributed by atoms with van der Waals surface area (Å²) in [6, 6.07) is 1.43. The Morgan fingerprint density at radius 2 is 2.41 bits per heavy atom. The van der Waals surface area contributed by atoms with E-state index in [0.717, 1.165) is 23.5 Å². The van der Waals surface area contributed by atoms with Crippen LogP contribution in [0.1, 0.15) is 13.3 Å². The van der Waals surface area contributed by atoms with Gasteiger partial charge in [0, 0.05) is 25.9 Å². The van der Waals surface area contributed by atoms with Crippen molar-refractivity contribution in [2.75, 3.05) is 18.5 Å². The molecule has 90 valence electrons. The van der Waals surface area contributed by atoms with Gasteiger partial charge in [0.25, 0.3) is 5.56 Å². The third-order valence-corrected chi connectivity index (χ3v) is 4.31. The molecule has 0 saturated heterocycles. The maximum absolute atomic E-state index is 11.5. The minimum absolute atomic E-state index is 0.120. The average Bonchev–Trinajstić information content (AvgIpc) is 2.81. The Kier molecular flexibility index (Phi) is 2.39. The van der Waals surface area contributed by atoms with Crippen molar-refractivity contribution in [3.63, 3.8) is 0 Å². The lowest BCUT2D eigenvalue weighted by molar-refractivity contribution is 0.717. The first-order valence-electron chi connectivity index (χ1n) is 5.71. The standard InChI is InChI=1S/C11H14N4OS/c1-7-5-8(7)6-14(2)11-13-15-9(16)3-4-12-10(15)17-11/h3-4,7-8H,5-6H2,1-2H3. The summed E-state index contributed by atoms with van der Waals surface area (Å²) in [6.07, 6.45) is 2.83. The molecule has 0 aliphatic heterocycles. The van der Waals surface area contributed by atoms with Crippen molar-refractivity contribution in [3.8, 4) is 0 Å². The van der Waals surface area contributed by atoms with Crippen LogP contribution in [0.4, 0.5) is 5.13 Å². The largest absolute Gasteiger partial charge is 0.349 e. The monoisotopic (exact) mass is 250 g/mol. The molecule has 1 saturated carbocycles. The lowest BCUT2D eigenvalue weighted by Gasteiger charge is -2.14. The van der Waals surface area contributed by atoms with Crippen molar-refractivity contribution in [2.45, 2.75) is 13.3 Å². The van der Waals surface area contributed by atoms with Crippen LogP contribution in [0.15, 0.2) is 17.1 Å². The van der Waals surface area contributed by atoms with Gasteiger partial charge in [0.1, 0.15) is 0 Å². The molecule has 0 radical (unpaired) electrons. The van der Waals surface area contributed by atoms with E-state index >= 15 is 0 Å². The van der Waals surface area contributed by atoms with Crippen LogP contribution in [0.2, 0.25) is 0 Å². The molecule has 17 heavy (non-hydrogen) atoms. The summed E-state index contributed by atoms with van der Waals surface area (Å²) in [7, 11) is 2.02. The maximum atomic E-state index is 11.5. The van der Waals surface area contributed by atoms with E-state index in [4.69, 9.17) is 0 Å². The Morgan fingerprint density at radius 1 is 1.65 bits per heavy atom. The van der Waals surface area contributed by atoms with Gasteiger partial charge in [-0.3, -0.25) is 4.79 Å². The van der Waals surface area contributed by atoms with E-state index in [1.165, 1.54) is 34.5 Å². The highest BCUT2D eigenvalue weighted by molar-refractivity contribution is 7.20. The minimum atomic E-state index is -0.120. The molecule has 2 heterocycles. The summed E-state index contributed by atoms with van der Waals surface area (Å²) in [4.78, 5) is 18.5. The molecule has 2 aromatic heterocycles. The first kappa shape index (κ1) is 10.7. The van der Waals surface area contributed by atoms with Crippen LogP contribution in [0.5, 0.6) is 0 Å². The third-order valence-electron chi connectivity index (χ3n) is 3.27. The lowest BCUT2D eigenvalue weighted by atomic mass is 10.3. The molecule has 2 atom stereocenters. The Bertz CT molecular complexity index is 605. The van der Waals surface area contributed by atoms with Crippen LogP contribution in [0.25, 0.3) is 4.96 Å². The molecule has 1 fully saturated rings. The third kappa shape index (κ3) is 1.93. The Labute approximate surface area is 103 Å². The fourth-order valence-corrected chi connectivity index (χ4v) is 2.82. The summed E-state index contributed by atoms with van der Waals surface area (Å²) < 4.78 is 1.37. The maximum Gasteiger partial charge on any atom is 0.275 e. The molecule has 6 heteroatoms. The molecular weight excluding hydrogens is 236 g/mol. The van der Waals surface area contributed by atoms with Crippen molar-refractivity contribution < 1.29 is 0 Å². The molecular formula is C11H14N4OS. The van der Waals surface area contributed by atoms with Gasteiger partial charge in [-0.25, -0.2) is 4.98 Å². The number of anilines is 1. The van der Waals surface area contributed by atoms with Crippen LogP contribution >= 0.6 is 11.3 Å². The number of hydrogen-bond acceptors (Lipinski definition) is 5. The number of hydrogen-bond donors (Lipinski definition) is 0. The van der Waals surface area contributed by atoms with Crippen molar-refractivity contribution >= 4 is 21.4 Å². The van der Waals surface area contributed by atoms with Gasteiger partial charge in [0.15, 0.2) is 0 Å². The smallest absolute Gasteiger partial charge is 0.275 e. The molecule has 0 bridgehead atoms. The predicted octanol–water partition coefficient (Wildman–Crippen LogP) is 1.24. The molecule has 2 unspecified atom stereocenters. The number of fused-ring (bicyclic) bond motifs is 1. The van der Waals surface area contributed by atoms with Crippen LogP contribution < -0.4 is 10.5 Å². The highest BCUT2D eigenvalue weighted by atomic mass is 32.1. The Hall–Kier alpha value is -1.43. The SMILES string of the molecule is CC1CC1CN(C)c1nn2c(=O)ccnc2s1. The molecule has 1 aliphatic carbocycles. The number of rotatable bonds is 3. The summed E-state index contributed by atoms with van der Waals surface area (Å²) in [6.45, 7) is 3.28. The fraction of sp³-hybridized carbons (Fsp3) is 0.545. The van der Waals surface area contributed by atoms with Crippen LogP contribution in [0, 0.1) is 11.8 Å². The van der Waals surface area contributed by atoms with Gasteiger partial charge in [-0.1, -0.05) is 18.3 Å². The summed E-state index contributed by atoms with van der Waals surface area (Å²) in [5.74, 6) is 1.60. The van der Waals surface area contributed by atoms with E-state index in [0.29, 0.717) is 4.96 Å². The van der Waals surface area contributed by atoms with Gasteiger partial charge in [0.2, 0.25) is 10.1 Å². The van der Waals surface area contributed by atoms with E-state index in [-0.39, 0.29) is 5.56 Å². The zero-order chi connectivity index (χ0) is 12.0. The van der Waals surface area contributed by atoms with E-state index in [9.17, 15) is 4.79 Å². The normalized spacial score (nSPS) is 22.9. The quantitative estimate of drug-likeness (QED) is 0.822. The van der Waals surface area contributed by atoms with Gasteiger partial charge >= 0.3 is 0 Å². The molecule has 3 rings (SSSR count). The molecule has 2 aromatic rings. The van der Waals surface area contributed by atoms with Gasteiger partial charge < -0.3 is 4.90 Å². The zero-order valence-corrected chi connectivity index (χ0v) is 10.6.